The highest BCUT2D eigenvalue weighted by atomic mass is 15.3. The Bertz CT molecular complexity index is 554. The highest BCUT2D eigenvalue weighted by molar-refractivity contribution is 4.95. The Morgan fingerprint density at radius 2 is 1.37 bits per heavy atom. The summed E-state index contributed by atoms with van der Waals surface area (Å²) in [7, 11) is 4.54. The molecule has 1 unspecified atom stereocenters. The minimum atomic E-state index is 0.365. The molecule has 0 aromatic rings. The molecule has 2 heterocycles. The molecule has 0 radical (unpaired) electrons. The zero-order valence-corrected chi connectivity index (χ0v) is 25.4. The number of hydrogen-bond acceptors (Lipinski definition) is 4. The van der Waals surface area contributed by atoms with Gasteiger partial charge in [0.15, 0.2) is 0 Å². The van der Waals surface area contributed by atoms with Gasteiger partial charge in [-0.15, -0.1) is 0 Å². The molecule has 35 heavy (non-hydrogen) atoms. The van der Waals surface area contributed by atoms with Crippen LogP contribution in [0.2, 0.25) is 0 Å². The smallest absolute Gasteiger partial charge is 0.0351 e. The van der Waals surface area contributed by atoms with Crippen LogP contribution in [-0.2, 0) is 0 Å². The van der Waals surface area contributed by atoms with E-state index < -0.39 is 0 Å². The van der Waals surface area contributed by atoms with Crippen LogP contribution < -0.4 is 0 Å². The summed E-state index contributed by atoms with van der Waals surface area (Å²) >= 11 is 0. The first-order valence-corrected chi connectivity index (χ1v) is 15.5. The Morgan fingerprint density at radius 1 is 0.743 bits per heavy atom. The molecule has 0 spiro atoms. The summed E-state index contributed by atoms with van der Waals surface area (Å²) in [6.45, 7) is 23.4. The largest absolute Gasteiger partial charge is 0.308 e. The van der Waals surface area contributed by atoms with Gasteiger partial charge < -0.3 is 4.90 Å². The van der Waals surface area contributed by atoms with Crippen LogP contribution in [0.15, 0.2) is 0 Å². The molecule has 2 aliphatic rings. The van der Waals surface area contributed by atoms with Crippen molar-refractivity contribution in [1.82, 2.24) is 19.6 Å². The monoisotopic (exact) mass is 493 g/mol. The van der Waals surface area contributed by atoms with Crippen molar-refractivity contribution in [2.75, 3.05) is 59.9 Å². The van der Waals surface area contributed by atoms with Crippen molar-refractivity contribution >= 4 is 0 Å². The Labute approximate surface area is 221 Å². The molecule has 0 aliphatic carbocycles. The molecule has 2 atom stereocenters. The molecule has 208 valence electrons. The second-order valence-corrected chi connectivity index (χ2v) is 13.2. The molecule has 4 heteroatoms. The minimum Gasteiger partial charge on any atom is -0.308 e. The molecule has 0 N–H and O–H groups in total. The Balaban J connectivity index is 1.98. The zero-order valence-electron chi connectivity index (χ0n) is 25.4. The molecule has 0 aromatic carbocycles. The standard InChI is InChI=1S/C31H64N4/c1-9-12-14-15-16-20-31(6,19-13-10-2)35-24-23-33(29(27-35)26-32(7)8)25-28-17-21-34(22-18-28)30(4,5)11-3/h28-29H,9-27H2,1-8H3/t29-,31?/m1/s1. The molecule has 2 fully saturated rings. The van der Waals surface area contributed by atoms with Crippen LogP contribution in [0.3, 0.4) is 0 Å². The van der Waals surface area contributed by atoms with E-state index in [4.69, 9.17) is 0 Å². The van der Waals surface area contributed by atoms with E-state index in [0.29, 0.717) is 17.1 Å². The lowest BCUT2D eigenvalue weighted by atomic mass is 9.85. The number of unbranched alkanes of at least 4 members (excludes halogenated alkanes) is 5. The summed E-state index contributed by atoms with van der Waals surface area (Å²) in [4.78, 5) is 11.0. The van der Waals surface area contributed by atoms with Crippen molar-refractivity contribution in [3.8, 4) is 0 Å². The van der Waals surface area contributed by atoms with Crippen molar-refractivity contribution in [3.63, 3.8) is 0 Å². The van der Waals surface area contributed by atoms with Gasteiger partial charge in [-0.1, -0.05) is 65.7 Å². The molecule has 0 bridgehead atoms. The van der Waals surface area contributed by atoms with Gasteiger partial charge in [0.05, 0.1) is 0 Å². The average Bonchev–Trinajstić information content (AvgIpc) is 2.83. The molecule has 2 rings (SSSR count). The lowest BCUT2D eigenvalue weighted by Crippen LogP contribution is -2.62. The molecule has 2 saturated heterocycles. The van der Waals surface area contributed by atoms with Crippen molar-refractivity contribution < 1.29 is 0 Å². The molecule has 0 aromatic heterocycles. The van der Waals surface area contributed by atoms with E-state index in [1.807, 2.05) is 0 Å². The molecule has 4 nitrogen and oxygen atoms in total. The van der Waals surface area contributed by atoms with E-state index in [9.17, 15) is 0 Å². The lowest BCUT2D eigenvalue weighted by Gasteiger charge is -2.51. The van der Waals surface area contributed by atoms with Crippen molar-refractivity contribution in [1.29, 1.82) is 0 Å². The molecule has 2 aliphatic heterocycles. The van der Waals surface area contributed by atoms with Gasteiger partial charge in [0.2, 0.25) is 0 Å². The fourth-order valence-electron chi connectivity index (χ4n) is 6.60. The SMILES string of the molecule is CCCCCCCC(C)(CCCC)N1CCN(CC2CCN(C(C)(C)CC)CC2)[C@H](CN(C)C)C1. The van der Waals surface area contributed by atoms with Crippen LogP contribution >= 0.6 is 0 Å². The third-order valence-corrected chi connectivity index (χ3v) is 9.66. The predicted molar refractivity (Wildman–Crippen MR) is 155 cm³/mol. The number of piperazine rings is 1. The molecule has 0 amide bonds. The second-order valence-electron chi connectivity index (χ2n) is 13.2. The zero-order chi connectivity index (χ0) is 25.9. The summed E-state index contributed by atoms with van der Waals surface area (Å²) in [5.74, 6) is 0.875. The summed E-state index contributed by atoms with van der Waals surface area (Å²) in [6, 6.07) is 0.671. The summed E-state index contributed by atoms with van der Waals surface area (Å²) in [5.41, 5.74) is 0.749. The van der Waals surface area contributed by atoms with Gasteiger partial charge in [-0.25, -0.2) is 0 Å². The molecule has 0 saturated carbocycles. The first-order chi connectivity index (χ1) is 16.6. The maximum atomic E-state index is 2.93. The van der Waals surface area contributed by atoms with Crippen molar-refractivity contribution in [3.05, 3.63) is 0 Å². The number of hydrogen-bond donors (Lipinski definition) is 0. The van der Waals surface area contributed by atoms with Crippen LogP contribution in [0.25, 0.3) is 0 Å². The molecular formula is C31H64N4. The topological polar surface area (TPSA) is 13.0 Å². The quantitative estimate of drug-likeness (QED) is 0.221. The second kappa shape index (κ2) is 15.3. The predicted octanol–water partition coefficient (Wildman–Crippen LogP) is 6.74. The summed E-state index contributed by atoms with van der Waals surface area (Å²) in [6.07, 6.45) is 16.5. The van der Waals surface area contributed by atoms with E-state index in [1.165, 1.54) is 123 Å². The molecular weight excluding hydrogens is 428 g/mol. The Kier molecular flexibility index (Phi) is 13.6. The van der Waals surface area contributed by atoms with Crippen LogP contribution in [0, 0.1) is 5.92 Å². The fourth-order valence-corrected chi connectivity index (χ4v) is 6.60. The highest BCUT2D eigenvalue weighted by Crippen LogP contribution is 2.32. The van der Waals surface area contributed by atoms with Gasteiger partial charge in [0, 0.05) is 49.8 Å². The number of rotatable bonds is 16. The van der Waals surface area contributed by atoms with E-state index in [-0.39, 0.29) is 0 Å². The van der Waals surface area contributed by atoms with Crippen molar-refractivity contribution in [2.45, 2.75) is 136 Å². The van der Waals surface area contributed by atoms with Gasteiger partial charge in [-0.2, -0.15) is 0 Å². The van der Waals surface area contributed by atoms with Crippen LogP contribution in [0.1, 0.15) is 119 Å². The van der Waals surface area contributed by atoms with E-state index >= 15 is 0 Å². The van der Waals surface area contributed by atoms with Gasteiger partial charge in [0.1, 0.15) is 0 Å². The minimum absolute atomic E-state index is 0.365. The Morgan fingerprint density at radius 3 is 1.97 bits per heavy atom. The fraction of sp³-hybridized carbons (Fsp3) is 1.00. The average molecular weight is 493 g/mol. The summed E-state index contributed by atoms with van der Waals surface area (Å²) in [5, 5.41) is 0. The third-order valence-electron chi connectivity index (χ3n) is 9.66. The normalized spacial score (nSPS) is 23.7. The van der Waals surface area contributed by atoms with Gasteiger partial charge in [-0.05, 0) is 86.0 Å². The first kappa shape index (κ1) is 31.1. The number of likely N-dealkylation sites (tertiary alicyclic amines) is 1. The highest BCUT2D eigenvalue weighted by Gasteiger charge is 2.38. The number of nitrogens with zero attached hydrogens (tertiary/aromatic N) is 4. The van der Waals surface area contributed by atoms with E-state index in [2.05, 4.69) is 75.2 Å². The van der Waals surface area contributed by atoms with Gasteiger partial charge in [-0.3, -0.25) is 14.7 Å². The first-order valence-electron chi connectivity index (χ1n) is 15.5. The van der Waals surface area contributed by atoms with Crippen LogP contribution in [-0.4, -0.2) is 96.6 Å². The summed E-state index contributed by atoms with van der Waals surface area (Å²) < 4.78 is 0. The van der Waals surface area contributed by atoms with E-state index in [1.54, 1.807) is 0 Å². The maximum absolute atomic E-state index is 2.93. The number of likely N-dealkylation sites (N-methyl/N-ethyl adjacent to an activating group) is 1. The van der Waals surface area contributed by atoms with Crippen LogP contribution in [0.4, 0.5) is 0 Å². The number of piperidine rings is 1. The van der Waals surface area contributed by atoms with E-state index in [0.717, 1.165) is 5.92 Å². The third kappa shape index (κ3) is 9.91. The maximum Gasteiger partial charge on any atom is 0.0351 e. The lowest BCUT2D eigenvalue weighted by molar-refractivity contribution is -0.0216. The van der Waals surface area contributed by atoms with Gasteiger partial charge >= 0.3 is 0 Å². The Hall–Kier alpha value is -0.160. The van der Waals surface area contributed by atoms with Crippen LogP contribution in [0.5, 0.6) is 0 Å². The van der Waals surface area contributed by atoms with Crippen molar-refractivity contribution in [2.24, 2.45) is 5.92 Å². The van der Waals surface area contributed by atoms with Gasteiger partial charge in [0.25, 0.3) is 0 Å².